The number of hydrogen-bond acceptors (Lipinski definition) is 6. The second-order valence-electron chi connectivity index (χ2n) is 6.94. The van der Waals surface area contributed by atoms with Crippen LogP contribution in [-0.4, -0.2) is 34.3 Å². The molecule has 1 aromatic heterocycles. The molecule has 1 fully saturated rings. The highest BCUT2D eigenvalue weighted by atomic mass is 19.3. The Bertz CT molecular complexity index is 1070. The molecule has 148 valence electrons. The fourth-order valence-electron chi connectivity index (χ4n) is 3.51. The highest BCUT2D eigenvalue weighted by molar-refractivity contribution is 5.91. The Morgan fingerprint density at radius 2 is 1.90 bits per heavy atom. The number of para-hydroxylation sites is 1. The van der Waals surface area contributed by atoms with Crippen LogP contribution in [0.25, 0.3) is 10.9 Å². The fourth-order valence-corrected chi connectivity index (χ4v) is 3.51. The molecule has 1 aliphatic heterocycles. The lowest BCUT2D eigenvalue weighted by molar-refractivity contribution is 0.141. The molecule has 0 saturated carbocycles. The second-order valence-corrected chi connectivity index (χ2v) is 6.94. The van der Waals surface area contributed by atoms with Crippen LogP contribution in [0.2, 0.25) is 0 Å². The summed E-state index contributed by atoms with van der Waals surface area (Å²) < 4.78 is 26.4. The molecule has 2 aromatic carbocycles. The zero-order chi connectivity index (χ0) is 20.4. The van der Waals surface area contributed by atoms with E-state index in [1.165, 1.54) is 0 Å². The standard InChI is InChI=1S/C21H19F2N5O/c22-19(23)21-26-17-4-2-1-3-16(17)20(27-21)25-14-5-6-18(13(11-14)12-24)28-9-7-15(29)8-10-28/h1-6,11,15,19,29H,7-10H2,(H,25,26,27). The van der Waals surface area contributed by atoms with Crippen molar-refractivity contribution in [2.45, 2.75) is 25.4 Å². The Labute approximate surface area is 166 Å². The number of aliphatic hydroxyl groups excluding tert-OH is 1. The van der Waals surface area contributed by atoms with Crippen LogP contribution in [-0.2, 0) is 0 Å². The Balaban J connectivity index is 1.67. The van der Waals surface area contributed by atoms with Crippen LogP contribution in [0, 0.1) is 11.3 Å². The summed E-state index contributed by atoms with van der Waals surface area (Å²) in [6, 6.07) is 14.4. The summed E-state index contributed by atoms with van der Waals surface area (Å²) in [5.41, 5.74) is 2.26. The molecule has 0 spiro atoms. The lowest BCUT2D eigenvalue weighted by Gasteiger charge is -2.32. The Hall–Kier alpha value is -3.31. The van der Waals surface area contributed by atoms with Crippen molar-refractivity contribution in [3.05, 3.63) is 53.9 Å². The SMILES string of the molecule is N#Cc1cc(Nc2nc(C(F)F)nc3ccccc23)ccc1N1CCC(O)CC1. The zero-order valence-corrected chi connectivity index (χ0v) is 15.5. The van der Waals surface area contributed by atoms with E-state index in [4.69, 9.17) is 0 Å². The van der Waals surface area contributed by atoms with Crippen LogP contribution >= 0.6 is 0 Å². The Kier molecular flexibility index (Phi) is 5.23. The summed E-state index contributed by atoms with van der Waals surface area (Å²) in [6.45, 7) is 1.35. The van der Waals surface area contributed by atoms with E-state index < -0.39 is 12.2 Å². The van der Waals surface area contributed by atoms with Gasteiger partial charge < -0.3 is 15.3 Å². The lowest BCUT2D eigenvalue weighted by Crippen LogP contribution is -2.36. The Morgan fingerprint density at radius 1 is 1.14 bits per heavy atom. The molecule has 3 aromatic rings. The number of aromatic nitrogens is 2. The van der Waals surface area contributed by atoms with Gasteiger partial charge >= 0.3 is 0 Å². The van der Waals surface area contributed by atoms with Crippen LogP contribution in [0.15, 0.2) is 42.5 Å². The summed E-state index contributed by atoms with van der Waals surface area (Å²) >= 11 is 0. The quantitative estimate of drug-likeness (QED) is 0.691. The molecule has 8 heteroatoms. The first-order valence-electron chi connectivity index (χ1n) is 9.34. The van der Waals surface area contributed by atoms with E-state index in [2.05, 4.69) is 26.3 Å². The molecule has 0 atom stereocenters. The summed E-state index contributed by atoms with van der Waals surface area (Å²) in [7, 11) is 0. The molecule has 1 saturated heterocycles. The van der Waals surface area contributed by atoms with Gasteiger partial charge in [-0.05, 0) is 43.2 Å². The number of nitriles is 1. The van der Waals surface area contributed by atoms with Crippen LogP contribution in [0.5, 0.6) is 0 Å². The number of rotatable bonds is 4. The van der Waals surface area contributed by atoms with E-state index in [0.717, 1.165) is 5.69 Å². The van der Waals surface area contributed by atoms with Gasteiger partial charge in [0.05, 0.1) is 22.9 Å². The topological polar surface area (TPSA) is 85.1 Å². The van der Waals surface area contributed by atoms with Gasteiger partial charge in [-0.1, -0.05) is 12.1 Å². The second kappa shape index (κ2) is 7.97. The normalized spacial score (nSPS) is 14.9. The van der Waals surface area contributed by atoms with Gasteiger partial charge in [0, 0.05) is 24.2 Å². The third kappa shape index (κ3) is 3.96. The van der Waals surface area contributed by atoms with Gasteiger partial charge in [0.25, 0.3) is 6.43 Å². The number of halogens is 2. The largest absolute Gasteiger partial charge is 0.393 e. The molecule has 2 N–H and O–H groups in total. The summed E-state index contributed by atoms with van der Waals surface area (Å²) in [4.78, 5) is 9.96. The number of fused-ring (bicyclic) bond motifs is 1. The highest BCUT2D eigenvalue weighted by Crippen LogP contribution is 2.30. The number of nitrogens with one attached hydrogen (secondary N) is 1. The van der Waals surface area contributed by atoms with Crippen molar-refractivity contribution in [1.29, 1.82) is 5.26 Å². The molecule has 0 aliphatic carbocycles. The first-order chi connectivity index (χ1) is 14.0. The van der Waals surface area contributed by atoms with Crippen LogP contribution in [0.3, 0.4) is 0 Å². The molecule has 6 nitrogen and oxygen atoms in total. The van der Waals surface area contributed by atoms with Crippen molar-refractivity contribution in [3.8, 4) is 6.07 Å². The number of piperidine rings is 1. The molecule has 0 radical (unpaired) electrons. The summed E-state index contributed by atoms with van der Waals surface area (Å²) in [5, 5.41) is 23.0. The number of aliphatic hydroxyl groups is 1. The van der Waals surface area contributed by atoms with Crippen LogP contribution in [0.1, 0.15) is 30.7 Å². The molecular formula is C21H19F2N5O. The van der Waals surface area contributed by atoms with Crippen molar-refractivity contribution in [3.63, 3.8) is 0 Å². The van der Waals surface area contributed by atoms with E-state index >= 15 is 0 Å². The van der Waals surface area contributed by atoms with Gasteiger partial charge in [-0.3, -0.25) is 0 Å². The maximum absolute atomic E-state index is 13.2. The van der Waals surface area contributed by atoms with E-state index in [1.54, 1.807) is 36.4 Å². The highest BCUT2D eigenvalue weighted by Gasteiger charge is 2.20. The zero-order valence-electron chi connectivity index (χ0n) is 15.5. The number of anilines is 3. The van der Waals surface area contributed by atoms with Crippen molar-refractivity contribution < 1.29 is 13.9 Å². The monoisotopic (exact) mass is 395 g/mol. The smallest absolute Gasteiger partial charge is 0.297 e. The summed E-state index contributed by atoms with van der Waals surface area (Å²) in [6.07, 6.45) is -1.76. The number of alkyl halides is 2. The maximum Gasteiger partial charge on any atom is 0.297 e. The molecule has 0 unspecified atom stereocenters. The van der Waals surface area contributed by atoms with Crippen molar-refractivity contribution in [2.75, 3.05) is 23.3 Å². The molecule has 2 heterocycles. The van der Waals surface area contributed by atoms with Gasteiger partial charge in [0.15, 0.2) is 5.82 Å². The maximum atomic E-state index is 13.2. The van der Waals surface area contributed by atoms with Gasteiger partial charge in [0.1, 0.15) is 11.9 Å². The van der Waals surface area contributed by atoms with Crippen molar-refractivity contribution in [2.24, 2.45) is 0 Å². The van der Waals surface area contributed by atoms with Crippen LogP contribution in [0.4, 0.5) is 26.0 Å². The minimum Gasteiger partial charge on any atom is -0.393 e. The predicted molar refractivity (Wildman–Crippen MR) is 106 cm³/mol. The predicted octanol–water partition coefficient (Wildman–Crippen LogP) is 4.14. The molecule has 0 amide bonds. The first-order valence-corrected chi connectivity index (χ1v) is 9.34. The number of nitrogens with zero attached hydrogens (tertiary/aromatic N) is 4. The third-order valence-corrected chi connectivity index (χ3v) is 5.00. The number of benzene rings is 2. The van der Waals surface area contributed by atoms with Gasteiger partial charge in [0.2, 0.25) is 0 Å². The van der Waals surface area contributed by atoms with Crippen molar-refractivity contribution in [1.82, 2.24) is 9.97 Å². The molecule has 29 heavy (non-hydrogen) atoms. The average molecular weight is 395 g/mol. The minimum atomic E-state index is -2.79. The molecule has 0 bridgehead atoms. The molecule has 4 rings (SSSR count). The molecule has 1 aliphatic rings. The van der Waals surface area contributed by atoms with E-state index in [0.29, 0.717) is 48.1 Å². The molecular weight excluding hydrogens is 376 g/mol. The van der Waals surface area contributed by atoms with Gasteiger partial charge in [-0.25, -0.2) is 18.7 Å². The van der Waals surface area contributed by atoms with Gasteiger partial charge in [-0.15, -0.1) is 0 Å². The third-order valence-electron chi connectivity index (χ3n) is 5.00. The van der Waals surface area contributed by atoms with E-state index in [1.807, 2.05) is 6.07 Å². The Morgan fingerprint density at radius 3 is 2.62 bits per heavy atom. The summed E-state index contributed by atoms with van der Waals surface area (Å²) in [5.74, 6) is -0.279. The minimum absolute atomic E-state index is 0.267. The van der Waals surface area contributed by atoms with Crippen LogP contribution < -0.4 is 10.2 Å². The number of hydrogen-bond donors (Lipinski definition) is 2. The fraction of sp³-hybridized carbons (Fsp3) is 0.286. The lowest BCUT2D eigenvalue weighted by atomic mass is 10.0. The first kappa shape index (κ1) is 19.0. The van der Waals surface area contributed by atoms with E-state index in [-0.39, 0.29) is 11.9 Å². The average Bonchev–Trinajstić information content (AvgIpc) is 2.74. The van der Waals surface area contributed by atoms with Gasteiger partial charge in [-0.2, -0.15) is 5.26 Å². The van der Waals surface area contributed by atoms with Crippen molar-refractivity contribution >= 4 is 28.1 Å². The van der Waals surface area contributed by atoms with E-state index in [9.17, 15) is 19.1 Å².